The molecule has 0 aliphatic heterocycles. The van der Waals surface area contributed by atoms with Crippen molar-refractivity contribution in [3.8, 4) is 0 Å². The molecule has 0 saturated carbocycles. The van der Waals surface area contributed by atoms with Crippen molar-refractivity contribution in [2.24, 2.45) is 11.8 Å². The van der Waals surface area contributed by atoms with Crippen LogP contribution >= 0.6 is 0 Å². The molecule has 0 aliphatic carbocycles. The first kappa shape index (κ1) is 11.4. The van der Waals surface area contributed by atoms with E-state index in [1.54, 1.807) is 19.0 Å². The van der Waals surface area contributed by atoms with Crippen LogP contribution in [0.3, 0.4) is 0 Å². The molecule has 0 radical (unpaired) electrons. The van der Waals surface area contributed by atoms with Crippen LogP contribution in [0.5, 0.6) is 0 Å². The Morgan fingerprint density at radius 2 is 1.83 bits per heavy atom. The molecule has 0 aromatic carbocycles. The normalized spacial score (nSPS) is 15.4. The van der Waals surface area contributed by atoms with Crippen molar-refractivity contribution in [3.05, 3.63) is 0 Å². The Morgan fingerprint density at radius 3 is 2.17 bits per heavy atom. The van der Waals surface area contributed by atoms with Crippen LogP contribution in [0.25, 0.3) is 0 Å². The highest BCUT2D eigenvalue weighted by molar-refractivity contribution is 5.75. The van der Waals surface area contributed by atoms with Crippen LogP contribution in [0.2, 0.25) is 0 Å². The molecule has 0 rings (SSSR count). The highest BCUT2D eigenvalue weighted by atomic mass is 16.3. The van der Waals surface area contributed by atoms with Gasteiger partial charge in [-0.15, -0.1) is 0 Å². The lowest BCUT2D eigenvalue weighted by molar-refractivity contribution is -0.130. The number of carbonyl (C=O) groups is 1. The Morgan fingerprint density at radius 1 is 1.33 bits per heavy atom. The van der Waals surface area contributed by atoms with E-state index in [2.05, 4.69) is 0 Å². The molecular formula is C9H19NO2. The molecule has 12 heavy (non-hydrogen) atoms. The molecule has 0 unspecified atom stereocenters. The number of hydrogen-bond acceptors (Lipinski definition) is 2. The summed E-state index contributed by atoms with van der Waals surface area (Å²) in [5.74, 6) is 0.585. The third-order valence-corrected chi connectivity index (χ3v) is 2.25. The summed E-state index contributed by atoms with van der Waals surface area (Å²) >= 11 is 0. The van der Waals surface area contributed by atoms with Crippen molar-refractivity contribution >= 4 is 5.91 Å². The van der Waals surface area contributed by atoms with Gasteiger partial charge >= 0.3 is 0 Å². The average Bonchev–Trinajstić information content (AvgIpc) is 2.02. The van der Waals surface area contributed by atoms with E-state index in [1.807, 2.05) is 13.8 Å². The molecule has 0 aliphatic rings. The minimum absolute atomic E-state index is 0.128. The maximum atomic E-state index is 11.2. The van der Waals surface area contributed by atoms with Gasteiger partial charge < -0.3 is 10.0 Å². The van der Waals surface area contributed by atoms with E-state index in [0.29, 0.717) is 6.42 Å². The third kappa shape index (κ3) is 3.72. The molecule has 3 nitrogen and oxygen atoms in total. The van der Waals surface area contributed by atoms with Gasteiger partial charge in [0, 0.05) is 27.1 Å². The van der Waals surface area contributed by atoms with Gasteiger partial charge in [0.25, 0.3) is 0 Å². The van der Waals surface area contributed by atoms with E-state index >= 15 is 0 Å². The fourth-order valence-corrected chi connectivity index (χ4v) is 0.839. The van der Waals surface area contributed by atoms with Crippen LogP contribution in [-0.4, -0.2) is 36.6 Å². The summed E-state index contributed by atoms with van der Waals surface area (Å²) in [5.41, 5.74) is 0. The third-order valence-electron chi connectivity index (χ3n) is 2.25. The predicted molar refractivity (Wildman–Crippen MR) is 48.7 cm³/mol. The molecule has 2 atom stereocenters. The summed E-state index contributed by atoms with van der Waals surface area (Å²) < 4.78 is 0. The average molecular weight is 173 g/mol. The van der Waals surface area contributed by atoms with Crippen molar-refractivity contribution in [1.29, 1.82) is 0 Å². The summed E-state index contributed by atoms with van der Waals surface area (Å²) in [5, 5.41) is 8.83. The SMILES string of the molecule is C[C@H](CO)[C@@H](C)CC(=O)N(C)C. The Balaban J connectivity index is 3.83. The highest BCUT2D eigenvalue weighted by Gasteiger charge is 2.15. The van der Waals surface area contributed by atoms with E-state index in [-0.39, 0.29) is 24.3 Å². The molecule has 0 aromatic heterocycles. The van der Waals surface area contributed by atoms with Crippen molar-refractivity contribution in [3.63, 3.8) is 0 Å². The van der Waals surface area contributed by atoms with E-state index in [9.17, 15) is 4.79 Å². The van der Waals surface area contributed by atoms with E-state index in [4.69, 9.17) is 5.11 Å². The van der Waals surface area contributed by atoms with Gasteiger partial charge in [-0.25, -0.2) is 0 Å². The van der Waals surface area contributed by atoms with Gasteiger partial charge in [0.05, 0.1) is 0 Å². The molecule has 0 spiro atoms. The monoisotopic (exact) mass is 173 g/mol. The molecule has 1 amide bonds. The quantitative estimate of drug-likeness (QED) is 0.681. The first-order valence-electron chi connectivity index (χ1n) is 4.30. The van der Waals surface area contributed by atoms with Gasteiger partial charge in [0.2, 0.25) is 5.91 Å². The second kappa shape index (κ2) is 5.14. The number of nitrogens with zero attached hydrogens (tertiary/aromatic N) is 1. The first-order valence-corrected chi connectivity index (χ1v) is 4.30. The van der Waals surface area contributed by atoms with Gasteiger partial charge in [-0.1, -0.05) is 13.8 Å². The summed E-state index contributed by atoms with van der Waals surface area (Å²) in [6.07, 6.45) is 0.523. The summed E-state index contributed by atoms with van der Waals surface area (Å²) in [7, 11) is 3.50. The maximum Gasteiger partial charge on any atom is 0.222 e. The zero-order valence-electron chi connectivity index (χ0n) is 8.37. The Kier molecular flexibility index (Phi) is 4.90. The lowest BCUT2D eigenvalue weighted by Gasteiger charge is -2.19. The smallest absolute Gasteiger partial charge is 0.222 e. The van der Waals surface area contributed by atoms with Crippen LogP contribution in [0.15, 0.2) is 0 Å². The molecular weight excluding hydrogens is 154 g/mol. The van der Waals surface area contributed by atoms with Crippen LogP contribution in [0.1, 0.15) is 20.3 Å². The fraction of sp³-hybridized carbons (Fsp3) is 0.889. The zero-order valence-corrected chi connectivity index (χ0v) is 8.37. The van der Waals surface area contributed by atoms with Crippen molar-refractivity contribution in [1.82, 2.24) is 4.90 Å². The molecule has 0 aromatic rings. The minimum atomic E-state index is 0.128. The van der Waals surface area contributed by atoms with Crippen LogP contribution < -0.4 is 0 Å². The number of rotatable bonds is 4. The molecule has 0 bridgehead atoms. The second-order valence-corrected chi connectivity index (χ2v) is 3.63. The molecule has 1 N–H and O–H groups in total. The molecule has 0 fully saturated rings. The fourth-order valence-electron chi connectivity index (χ4n) is 0.839. The number of amides is 1. The molecule has 0 saturated heterocycles. The predicted octanol–water partition coefficient (Wildman–Crippen LogP) is 0.729. The lowest BCUT2D eigenvalue weighted by atomic mass is 9.93. The Bertz CT molecular complexity index is 145. The van der Waals surface area contributed by atoms with Gasteiger partial charge in [0.1, 0.15) is 0 Å². The highest BCUT2D eigenvalue weighted by Crippen LogP contribution is 2.14. The topological polar surface area (TPSA) is 40.5 Å². The summed E-state index contributed by atoms with van der Waals surface area (Å²) in [6, 6.07) is 0. The van der Waals surface area contributed by atoms with Gasteiger partial charge in [-0.05, 0) is 11.8 Å². The first-order chi connectivity index (χ1) is 5.49. The summed E-state index contributed by atoms with van der Waals surface area (Å²) in [6.45, 7) is 4.10. The summed E-state index contributed by atoms with van der Waals surface area (Å²) in [4.78, 5) is 12.8. The number of aliphatic hydroxyl groups excluding tert-OH is 1. The maximum absolute atomic E-state index is 11.2. The van der Waals surface area contributed by atoms with Crippen molar-refractivity contribution in [2.45, 2.75) is 20.3 Å². The number of aliphatic hydroxyl groups is 1. The molecule has 0 heterocycles. The van der Waals surface area contributed by atoms with E-state index in [0.717, 1.165) is 0 Å². The van der Waals surface area contributed by atoms with E-state index < -0.39 is 0 Å². The van der Waals surface area contributed by atoms with Crippen LogP contribution in [0.4, 0.5) is 0 Å². The largest absolute Gasteiger partial charge is 0.396 e. The minimum Gasteiger partial charge on any atom is -0.396 e. The Labute approximate surface area is 74.4 Å². The lowest BCUT2D eigenvalue weighted by Crippen LogP contribution is -2.26. The second-order valence-electron chi connectivity index (χ2n) is 3.63. The van der Waals surface area contributed by atoms with E-state index in [1.165, 1.54) is 0 Å². The van der Waals surface area contributed by atoms with Gasteiger partial charge in [-0.3, -0.25) is 4.79 Å². The van der Waals surface area contributed by atoms with Crippen molar-refractivity contribution < 1.29 is 9.90 Å². The zero-order chi connectivity index (χ0) is 9.72. The van der Waals surface area contributed by atoms with Gasteiger partial charge in [0.15, 0.2) is 0 Å². The standard InChI is InChI=1S/C9H19NO2/c1-7(8(2)6-11)5-9(12)10(3)4/h7-8,11H,5-6H2,1-4H3/t7-,8+/m0/s1. The van der Waals surface area contributed by atoms with Crippen LogP contribution in [0, 0.1) is 11.8 Å². The molecule has 72 valence electrons. The number of hydrogen-bond donors (Lipinski definition) is 1. The number of carbonyl (C=O) groups excluding carboxylic acids is 1. The van der Waals surface area contributed by atoms with Gasteiger partial charge in [-0.2, -0.15) is 0 Å². The molecule has 3 heteroatoms. The van der Waals surface area contributed by atoms with Crippen molar-refractivity contribution in [2.75, 3.05) is 20.7 Å². The van der Waals surface area contributed by atoms with Crippen LogP contribution in [-0.2, 0) is 4.79 Å². The Hall–Kier alpha value is -0.570.